The lowest BCUT2D eigenvalue weighted by molar-refractivity contribution is 0.563. The average molecular weight is 332 g/mol. The minimum absolute atomic E-state index is 0.168. The number of benzene rings is 1. The van der Waals surface area contributed by atoms with Crippen LogP contribution in [-0.4, -0.2) is 14.8 Å². The molecule has 3 rings (SSSR count). The molecule has 0 radical (unpaired) electrons. The van der Waals surface area contributed by atoms with Crippen molar-refractivity contribution in [3.8, 4) is 5.69 Å². The Labute approximate surface area is 115 Å². The van der Waals surface area contributed by atoms with Gasteiger partial charge in [-0.2, -0.15) is 5.10 Å². The summed E-state index contributed by atoms with van der Waals surface area (Å²) in [5, 5.41) is 6.66. The number of hydrogen-bond acceptors (Lipinski definition) is 2. The first-order chi connectivity index (χ1) is 8.58. The van der Waals surface area contributed by atoms with Crippen LogP contribution in [-0.2, 0) is 0 Å². The number of nitrogens with one attached hydrogen (secondary N) is 1. The zero-order valence-corrected chi connectivity index (χ0v) is 11.5. The third-order valence-electron chi connectivity index (χ3n) is 2.85. The van der Waals surface area contributed by atoms with Gasteiger partial charge in [-0.1, -0.05) is 15.9 Å². The second-order valence-corrected chi connectivity index (χ2v) is 5.52. The minimum Gasteiger partial charge on any atom is -0.266 e. The highest BCUT2D eigenvalue weighted by molar-refractivity contribution is 9.10. The van der Waals surface area contributed by atoms with Crippen LogP contribution in [0.4, 0.5) is 8.78 Å². The Morgan fingerprint density at radius 3 is 2.50 bits per heavy atom. The van der Waals surface area contributed by atoms with E-state index in [1.54, 1.807) is 0 Å². The van der Waals surface area contributed by atoms with E-state index in [1.165, 1.54) is 16.7 Å². The summed E-state index contributed by atoms with van der Waals surface area (Å²) in [6, 6.07) is 2.42. The molecule has 94 valence electrons. The van der Waals surface area contributed by atoms with Crippen LogP contribution in [0.2, 0.25) is 0 Å². The summed E-state index contributed by atoms with van der Waals surface area (Å²) in [5.74, 6) is -0.497. The van der Waals surface area contributed by atoms with E-state index >= 15 is 0 Å². The summed E-state index contributed by atoms with van der Waals surface area (Å²) < 4.78 is 29.8. The Kier molecular flexibility index (Phi) is 2.82. The fraction of sp³-hybridized carbons (Fsp3) is 0.273. The van der Waals surface area contributed by atoms with Crippen LogP contribution in [0.1, 0.15) is 24.6 Å². The zero-order valence-electron chi connectivity index (χ0n) is 9.08. The highest BCUT2D eigenvalue weighted by Gasteiger charge is 2.31. The highest BCUT2D eigenvalue weighted by Crippen LogP contribution is 2.40. The van der Waals surface area contributed by atoms with Crippen LogP contribution in [0.25, 0.3) is 5.69 Å². The molecular weight excluding hydrogens is 324 g/mol. The first-order valence-electron chi connectivity index (χ1n) is 5.40. The molecule has 3 nitrogen and oxygen atoms in total. The molecule has 0 atom stereocenters. The Morgan fingerprint density at radius 2 is 1.94 bits per heavy atom. The maximum absolute atomic E-state index is 13.9. The summed E-state index contributed by atoms with van der Waals surface area (Å²) in [7, 11) is 0. The standard InChI is InChI=1S/C11H8BrF2N3S/c12-6-3-7(13)9(8(14)4-6)17-10(5-1-2-5)15-16-11(17)18/h3-5H,1-2H2,(H,16,18). The molecule has 0 spiro atoms. The average Bonchev–Trinajstić information content (AvgIpc) is 3.04. The van der Waals surface area contributed by atoms with Crippen LogP contribution in [0.3, 0.4) is 0 Å². The lowest BCUT2D eigenvalue weighted by atomic mass is 10.2. The van der Waals surface area contributed by atoms with Gasteiger partial charge in [0.1, 0.15) is 11.5 Å². The van der Waals surface area contributed by atoms with Crippen LogP contribution in [0.15, 0.2) is 16.6 Å². The predicted octanol–water partition coefficient (Wildman–Crippen LogP) is 3.85. The van der Waals surface area contributed by atoms with Gasteiger partial charge in [-0.05, 0) is 37.2 Å². The van der Waals surface area contributed by atoms with Crippen LogP contribution >= 0.6 is 28.1 Å². The normalized spacial score (nSPS) is 15.1. The number of aromatic amines is 1. The van der Waals surface area contributed by atoms with Gasteiger partial charge in [0.25, 0.3) is 0 Å². The predicted molar refractivity (Wildman–Crippen MR) is 68.3 cm³/mol. The van der Waals surface area contributed by atoms with Crippen molar-refractivity contribution in [1.82, 2.24) is 14.8 Å². The molecule has 1 heterocycles. The van der Waals surface area contributed by atoms with Gasteiger partial charge < -0.3 is 0 Å². The first kappa shape index (κ1) is 12.0. The van der Waals surface area contributed by atoms with Gasteiger partial charge in [0.15, 0.2) is 16.4 Å². The fourth-order valence-electron chi connectivity index (χ4n) is 1.89. The number of rotatable bonds is 2. The van der Waals surface area contributed by atoms with Gasteiger partial charge in [0.2, 0.25) is 0 Å². The SMILES string of the molecule is Fc1cc(Br)cc(F)c1-n1c(C2CC2)n[nH]c1=S. The van der Waals surface area contributed by atoms with Crippen molar-refractivity contribution in [1.29, 1.82) is 0 Å². The number of H-pyrrole nitrogens is 1. The molecule has 0 saturated heterocycles. The smallest absolute Gasteiger partial charge is 0.200 e. The van der Waals surface area contributed by atoms with Gasteiger partial charge in [-0.15, -0.1) is 0 Å². The molecule has 1 aliphatic carbocycles. The zero-order chi connectivity index (χ0) is 12.9. The molecule has 1 N–H and O–H groups in total. The van der Waals surface area contributed by atoms with Crippen molar-refractivity contribution in [2.24, 2.45) is 0 Å². The first-order valence-corrected chi connectivity index (χ1v) is 6.60. The van der Waals surface area contributed by atoms with E-state index in [1.807, 2.05) is 0 Å². The van der Waals surface area contributed by atoms with E-state index in [9.17, 15) is 8.78 Å². The van der Waals surface area contributed by atoms with Crippen molar-refractivity contribution < 1.29 is 8.78 Å². The summed E-state index contributed by atoms with van der Waals surface area (Å²) in [4.78, 5) is 0. The van der Waals surface area contributed by atoms with Crippen molar-refractivity contribution in [3.05, 3.63) is 38.8 Å². The molecule has 0 aliphatic heterocycles. The second kappa shape index (κ2) is 4.24. The maximum Gasteiger partial charge on any atom is 0.200 e. The van der Waals surface area contributed by atoms with E-state index < -0.39 is 11.6 Å². The number of nitrogens with zero attached hydrogens (tertiary/aromatic N) is 2. The molecule has 7 heteroatoms. The van der Waals surface area contributed by atoms with Gasteiger partial charge in [0, 0.05) is 10.4 Å². The summed E-state index contributed by atoms with van der Waals surface area (Å²) in [6.45, 7) is 0. The fourth-order valence-corrected chi connectivity index (χ4v) is 2.52. The third kappa shape index (κ3) is 1.91. The topological polar surface area (TPSA) is 33.6 Å². The third-order valence-corrected chi connectivity index (χ3v) is 3.58. The van der Waals surface area contributed by atoms with E-state index in [-0.39, 0.29) is 16.4 Å². The quantitative estimate of drug-likeness (QED) is 0.848. The van der Waals surface area contributed by atoms with Crippen molar-refractivity contribution in [2.45, 2.75) is 18.8 Å². The molecule has 0 amide bonds. The van der Waals surface area contributed by atoms with Gasteiger partial charge in [-0.3, -0.25) is 9.67 Å². The van der Waals surface area contributed by atoms with Gasteiger partial charge >= 0.3 is 0 Å². The minimum atomic E-state index is -0.665. The highest BCUT2D eigenvalue weighted by atomic mass is 79.9. The molecule has 0 bridgehead atoms. The lowest BCUT2D eigenvalue weighted by Crippen LogP contribution is -2.06. The molecule has 1 saturated carbocycles. The number of halogens is 3. The molecule has 2 aromatic rings. The van der Waals surface area contributed by atoms with Crippen molar-refractivity contribution in [3.63, 3.8) is 0 Å². The van der Waals surface area contributed by atoms with E-state index in [0.717, 1.165) is 12.8 Å². The van der Waals surface area contributed by atoms with E-state index in [0.29, 0.717) is 10.3 Å². The molecule has 1 aliphatic rings. The molecular formula is C11H8BrF2N3S. The van der Waals surface area contributed by atoms with Crippen molar-refractivity contribution in [2.75, 3.05) is 0 Å². The molecule has 18 heavy (non-hydrogen) atoms. The van der Waals surface area contributed by atoms with Crippen LogP contribution in [0, 0.1) is 16.4 Å². The Bertz CT molecular complexity index is 652. The van der Waals surface area contributed by atoms with Gasteiger partial charge in [-0.25, -0.2) is 8.78 Å². The second-order valence-electron chi connectivity index (χ2n) is 4.21. The summed E-state index contributed by atoms with van der Waals surface area (Å²) in [5.41, 5.74) is -0.168. The Hall–Kier alpha value is -1.08. The van der Waals surface area contributed by atoms with E-state index in [4.69, 9.17) is 12.2 Å². The number of aromatic nitrogens is 3. The lowest BCUT2D eigenvalue weighted by Gasteiger charge is -2.09. The maximum atomic E-state index is 13.9. The van der Waals surface area contributed by atoms with Crippen molar-refractivity contribution >= 4 is 28.1 Å². The van der Waals surface area contributed by atoms with E-state index in [2.05, 4.69) is 26.1 Å². The molecule has 1 fully saturated rings. The van der Waals surface area contributed by atoms with Crippen LogP contribution < -0.4 is 0 Å². The monoisotopic (exact) mass is 331 g/mol. The molecule has 1 aromatic carbocycles. The number of hydrogen-bond donors (Lipinski definition) is 1. The summed E-state index contributed by atoms with van der Waals surface area (Å²) in [6.07, 6.45) is 1.94. The summed E-state index contributed by atoms with van der Waals surface area (Å²) >= 11 is 8.10. The molecule has 1 aromatic heterocycles. The Balaban J connectivity index is 2.27. The molecule has 0 unspecified atom stereocenters. The van der Waals surface area contributed by atoms with Crippen LogP contribution in [0.5, 0.6) is 0 Å². The Morgan fingerprint density at radius 1 is 1.33 bits per heavy atom. The largest absolute Gasteiger partial charge is 0.266 e. The van der Waals surface area contributed by atoms with Gasteiger partial charge in [0.05, 0.1) is 0 Å².